The topological polar surface area (TPSA) is 96.7 Å². The second-order valence-corrected chi connectivity index (χ2v) is 8.67. The second-order valence-electron chi connectivity index (χ2n) is 8.67. The second kappa shape index (κ2) is 7.86. The molecule has 0 bridgehead atoms. The lowest BCUT2D eigenvalue weighted by Gasteiger charge is -2.31. The molecule has 2 fully saturated rings. The van der Waals surface area contributed by atoms with Gasteiger partial charge in [-0.25, -0.2) is 0 Å². The van der Waals surface area contributed by atoms with Crippen LogP contribution in [0.4, 0.5) is 19.0 Å². The number of hydrogen-bond donors (Lipinski definition) is 3. The molecule has 0 radical (unpaired) electrons. The molecule has 2 aliphatic heterocycles. The van der Waals surface area contributed by atoms with Crippen molar-refractivity contribution in [3.05, 3.63) is 34.9 Å². The van der Waals surface area contributed by atoms with Gasteiger partial charge in [0.1, 0.15) is 17.0 Å². The molecule has 3 heterocycles. The minimum absolute atomic E-state index is 0.158. The first kappa shape index (κ1) is 21.4. The Balaban J connectivity index is 1.59. The number of benzene rings is 1. The summed E-state index contributed by atoms with van der Waals surface area (Å²) in [5, 5.41) is 32.7. The number of rotatable bonds is 3. The average Bonchev–Trinajstić information content (AvgIpc) is 3.38. The van der Waals surface area contributed by atoms with Gasteiger partial charge in [-0.1, -0.05) is 12.8 Å². The maximum Gasteiger partial charge on any atom is 0.416 e. The van der Waals surface area contributed by atoms with Gasteiger partial charge in [0.15, 0.2) is 5.82 Å². The Bertz CT molecular complexity index is 1020. The Morgan fingerprint density at radius 2 is 1.97 bits per heavy atom. The predicted octanol–water partition coefficient (Wildman–Crippen LogP) is 3.73. The SMILES string of the molecule is Oc1cc(C(F)(F)F)ccc1-c1nnc(N[C@@H]2CCCC[C@H]2O)c2c1CO[C@]21CCOC1. The Morgan fingerprint density at radius 1 is 1.16 bits per heavy atom. The highest BCUT2D eigenvalue weighted by molar-refractivity contribution is 5.74. The number of phenolic OH excluding ortho intramolecular Hbond substituents is 1. The van der Waals surface area contributed by atoms with Gasteiger partial charge < -0.3 is 25.0 Å². The van der Waals surface area contributed by atoms with Crippen LogP contribution in [0.1, 0.15) is 48.8 Å². The number of nitrogens with one attached hydrogen (secondary N) is 1. The van der Waals surface area contributed by atoms with E-state index in [1.54, 1.807) is 0 Å². The Hall–Kier alpha value is -2.43. The van der Waals surface area contributed by atoms with Gasteiger partial charge in [-0.2, -0.15) is 13.2 Å². The van der Waals surface area contributed by atoms with Crippen molar-refractivity contribution < 1.29 is 32.9 Å². The lowest BCUT2D eigenvalue weighted by Crippen LogP contribution is -2.38. The minimum atomic E-state index is -4.56. The van der Waals surface area contributed by atoms with E-state index in [4.69, 9.17) is 9.47 Å². The third-order valence-electron chi connectivity index (χ3n) is 6.64. The van der Waals surface area contributed by atoms with E-state index in [-0.39, 0.29) is 23.9 Å². The highest BCUT2D eigenvalue weighted by Crippen LogP contribution is 2.49. The summed E-state index contributed by atoms with van der Waals surface area (Å²) in [6.45, 7) is 1.01. The predicted molar refractivity (Wildman–Crippen MR) is 108 cm³/mol. The van der Waals surface area contributed by atoms with Crippen molar-refractivity contribution in [2.24, 2.45) is 0 Å². The molecule has 1 saturated carbocycles. The Kier molecular flexibility index (Phi) is 5.26. The highest BCUT2D eigenvalue weighted by atomic mass is 19.4. The fraction of sp³-hybridized carbons (Fsp3) is 0.545. The molecule has 1 spiro atoms. The lowest BCUT2D eigenvalue weighted by atomic mass is 9.88. The van der Waals surface area contributed by atoms with Crippen molar-refractivity contribution in [1.29, 1.82) is 0 Å². The van der Waals surface area contributed by atoms with Gasteiger partial charge in [-0.05, 0) is 31.0 Å². The molecule has 1 aromatic heterocycles. The van der Waals surface area contributed by atoms with E-state index < -0.39 is 29.2 Å². The Morgan fingerprint density at radius 3 is 2.66 bits per heavy atom. The molecule has 10 heteroatoms. The van der Waals surface area contributed by atoms with E-state index in [0.29, 0.717) is 43.5 Å². The number of phenols is 1. The maximum absolute atomic E-state index is 13.0. The van der Waals surface area contributed by atoms with Crippen LogP contribution < -0.4 is 5.32 Å². The van der Waals surface area contributed by atoms with Gasteiger partial charge in [-0.15, -0.1) is 10.2 Å². The lowest BCUT2D eigenvalue weighted by molar-refractivity contribution is -0.137. The number of aromatic hydroxyl groups is 1. The zero-order chi connectivity index (χ0) is 22.5. The number of anilines is 1. The summed E-state index contributed by atoms with van der Waals surface area (Å²) < 4.78 is 50.8. The van der Waals surface area contributed by atoms with Crippen molar-refractivity contribution in [1.82, 2.24) is 10.2 Å². The van der Waals surface area contributed by atoms with Gasteiger partial charge in [0, 0.05) is 29.7 Å². The van der Waals surface area contributed by atoms with E-state index in [1.807, 2.05) is 0 Å². The normalized spacial score (nSPS) is 27.6. The summed E-state index contributed by atoms with van der Waals surface area (Å²) >= 11 is 0. The Labute approximate surface area is 182 Å². The quantitative estimate of drug-likeness (QED) is 0.654. The molecule has 3 aliphatic rings. The number of aromatic nitrogens is 2. The van der Waals surface area contributed by atoms with Crippen molar-refractivity contribution >= 4 is 5.82 Å². The molecule has 2 aromatic rings. The van der Waals surface area contributed by atoms with Crippen LogP contribution in [0.5, 0.6) is 5.75 Å². The van der Waals surface area contributed by atoms with E-state index in [2.05, 4.69) is 15.5 Å². The van der Waals surface area contributed by atoms with Crippen LogP contribution in [-0.4, -0.2) is 45.8 Å². The van der Waals surface area contributed by atoms with Crippen LogP contribution >= 0.6 is 0 Å². The molecular formula is C22H24F3N3O4. The van der Waals surface area contributed by atoms with Crippen LogP contribution in [0, 0.1) is 0 Å². The van der Waals surface area contributed by atoms with E-state index in [0.717, 1.165) is 30.9 Å². The van der Waals surface area contributed by atoms with E-state index in [9.17, 15) is 23.4 Å². The van der Waals surface area contributed by atoms with Gasteiger partial charge >= 0.3 is 6.18 Å². The third kappa shape index (κ3) is 3.60. The number of hydrogen-bond acceptors (Lipinski definition) is 7. The highest BCUT2D eigenvalue weighted by Gasteiger charge is 2.48. The first-order valence-electron chi connectivity index (χ1n) is 10.8. The van der Waals surface area contributed by atoms with Crippen LogP contribution in [0.15, 0.2) is 18.2 Å². The van der Waals surface area contributed by atoms with Crippen molar-refractivity contribution in [2.75, 3.05) is 18.5 Å². The van der Waals surface area contributed by atoms with Gasteiger partial charge in [0.05, 0.1) is 30.9 Å². The summed E-state index contributed by atoms with van der Waals surface area (Å²) in [7, 11) is 0. The summed E-state index contributed by atoms with van der Waals surface area (Å²) in [5.41, 5.74) is 0.175. The smallest absolute Gasteiger partial charge is 0.416 e. The molecule has 7 nitrogen and oxygen atoms in total. The zero-order valence-electron chi connectivity index (χ0n) is 17.3. The summed E-state index contributed by atoms with van der Waals surface area (Å²) in [5.74, 6) is -0.0348. The van der Waals surface area contributed by atoms with Gasteiger partial charge in [0.25, 0.3) is 0 Å². The van der Waals surface area contributed by atoms with Crippen LogP contribution in [0.3, 0.4) is 0 Å². The largest absolute Gasteiger partial charge is 0.507 e. The van der Waals surface area contributed by atoms with Gasteiger partial charge in [0.2, 0.25) is 0 Å². The fourth-order valence-corrected chi connectivity index (χ4v) is 4.92. The molecule has 1 aromatic carbocycles. The summed E-state index contributed by atoms with van der Waals surface area (Å²) in [6, 6.07) is 2.64. The summed E-state index contributed by atoms with van der Waals surface area (Å²) in [4.78, 5) is 0. The van der Waals surface area contributed by atoms with Crippen molar-refractivity contribution in [3.8, 4) is 17.0 Å². The standard InChI is InChI=1S/C22H24F3N3O4/c23-22(24,25)12-5-6-13(17(30)9-12)19-14-10-32-21(7-8-31-11-21)18(14)20(28-27-19)26-15-3-1-2-4-16(15)29/h5-6,9,15-16,29-30H,1-4,7-8,10-11H2,(H,26,28)/t15-,16-,21+/m1/s1. The molecule has 0 unspecified atom stereocenters. The first-order valence-corrected chi connectivity index (χ1v) is 10.8. The van der Waals surface area contributed by atoms with Crippen LogP contribution in [0.25, 0.3) is 11.3 Å². The number of aliphatic hydroxyl groups excluding tert-OH is 1. The molecule has 0 amide bonds. The van der Waals surface area contributed by atoms with E-state index in [1.165, 1.54) is 6.07 Å². The number of halogens is 3. The van der Waals surface area contributed by atoms with Crippen LogP contribution in [0.2, 0.25) is 0 Å². The number of aliphatic hydroxyl groups is 1. The minimum Gasteiger partial charge on any atom is -0.507 e. The van der Waals surface area contributed by atoms with Gasteiger partial charge in [-0.3, -0.25) is 0 Å². The number of alkyl halides is 3. The summed E-state index contributed by atoms with van der Waals surface area (Å²) in [6.07, 6.45) is -1.00. The molecule has 3 atom stereocenters. The van der Waals surface area contributed by atoms with E-state index >= 15 is 0 Å². The number of ether oxygens (including phenoxy) is 2. The zero-order valence-corrected chi connectivity index (χ0v) is 17.3. The molecule has 3 N–H and O–H groups in total. The molecule has 1 saturated heterocycles. The third-order valence-corrected chi connectivity index (χ3v) is 6.64. The maximum atomic E-state index is 13.0. The fourth-order valence-electron chi connectivity index (χ4n) is 4.92. The number of fused-ring (bicyclic) bond motifs is 2. The monoisotopic (exact) mass is 451 g/mol. The average molecular weight is 451 g/mol. The molecule has 1 aliphatic carbocycles. The molecule has 32 heavy (non-hydrogen) atoms. The van der Waals surface area contributed by atoms with Crippen molar-refractivity contribution in [3.63, 3.8) is 0 Å². The molecule has 5 rings (SSSR count). The first-order chi connectivity index (χ1) is 15.3. The molecule has 172 valence electrons. The number of nitrogens with zero attached hydrogens (tertiary/aromatic N) is 2. The van der Waals surface area contributed by atoms with Crippen molar-refractivity contribution in [2.45, 2.75) is 62.6 Å². The molecular weight excluding hydrogens is 427 g/mol. The van der Waals surface area contributed by atoms with Crippen LogP contribution in [-0.2, 0) is 27.9 Å².